The smallest absolute Gasteiger partial charge is 0.166 e. The van der Waals surface area contributed by atoms with Crippen LogP contribution in [0.15, 0.2) is 23.9 Å². The molecule has 1 aliphatic rings. The lowest BCUT2D eigenvalue weighted by atomic mass is 11.2. The van der Waals surface area contributed by atoms with Crippen molar-refractivity contribution >= 4 is 9.52 Å². The van der Waals surface area contributed by atoms with E-state index in [4.69, 9.17) is 0 Å². The van der Waals surface area contributed by atoms with Gasteiger partial charge in [-0.05, 0) is 0 Å². The Kier molecular flexibility index (Phi) is 0.799. The van der Waals surface area contributed by atoms with Gasteiger partial charge in [-0.3, -0.25) is 0 Å². The topological polar surface area (TPSA) is 12.5 Å². The summed E-state index contributed by atoms with van der Waals surface area (Å²) in [7, 11) is 0.685. The molecule has 0 saturated heterocycles. The van der Waals surface area contributed by atoms with Crippen LogP contribution in [0.25, 0.3) is 0 Å². The normalized spacial score (nSPS) is 15.0. The molecule has 1 rings (SSSR count). The van der Waals surface area contributed by atoms with E-state index in [1.54, 1.807) is 6.26 Å². The monoisotopic (exact) mass is 96.0 g/mol. The van der Waals surface area contributed by atoms with E-state index in [0.717, 1.165) is 5.38 Å². The second-order valence-electron chi connectivity index (χ2n) is 0.948. The van der Waals surface area contributed by atoms with Crippen molar-refractivity contribution in [3.05, 3.63) is 23.9 Å². The molecule has 0 N–H and O–H groups in total. The Morgan fingerprint density at radius 3 is 2.83 bits per heavy atom. The van der Waals surface area contributed by atoms with Crippen molar-refractivity contribution in [2.45, 2.75) is 0 Å². The Morgan fingerprint density at radius 2 is 2.67 bits per heavy atom. The first-order valence-corrected chi connectivity index (χ1v) is 2.75. The molecule has 0 aromatic heterocycles. The fourth-order valence-electron chi connectivity index (χ4n) is 0.198. The molecule has 6 heavy (non-hydrogen) atoms. The van der Waals surface area contributed by atoms with Crippen molar-refractivity contribution in [2.75, 3.05) is 0 Å². The minimum absolute atomic E-state index is 0.685. The molecule has 1 heterocycles. The SMILES string of the molecule is C=C[Si]C1=CO1. The highest BCUT2D eigenvalue weighted by Crippen LogP contribution is 2.09. The molecule has 0 fully saturated rings. The van der Waals surface area contributed by atoms with Crippen LogP contribution in [0, 0.1) is 0 Å². The summed E-state index contributed by atoms with van der Waals surface area (Å²) in [6.07, 6.45) is 1.74. The van der Waals surface area contributed by atoms with Gasteiger partial charge in [0, 0.05) is 0 Å². The number of hydrogen-bond acceptors (Lipinski definition) is 1. The highest BCUT2D eigenvalue weighted by atomic mass is 28.2. The van der Waals surface area contributed by atoms with Gasteiger partial charge in [-0.2, -0.15) is 0 Å². The first-order chi connectivity index (χ1) is 2.93. The number of hydrogen-bond donors (Lipinski definition) is 0. The predicted octanol–water partition coefficient (Wildman–Crippen LogP) is 0.663. The van der Waals surface area contributed by atoms with E-state index < -0.39 is 0 Å². The Bertz CT molecular complexity index is 95.7. The van der Waals surface area contributed by atoms with Gasteiger partial charge in [0.05, 0.1) is 0 Å². The van der Waals surface area contributed by atoms with Gasteiger partial charge in [0.1, 0.15) is 11.6 Å². The highest BCUT2D eigenvalue weighted by Gasteiger charge is 2.05. The maximum Gasteiger partial charge on any atom is 0.166 e. The molecule has 0 aromatic rings. The summed E-state index contributed by atoms with van der Waals surface area (Å²) in [4.78, 5) is 0. The van der Waals surface area contributed by atoms with Crippen molar-refractivity contribution in [3.63, 3.8) is 0 Å². The molecule has 2 heteroatoms. The minimum Gasteiger partial charge on any atom is -0.468 e. The van der Waals surface area contributed by atoms with E-state index >= 15 is 0 Å². The molecule has 0 amide bonds. The van der Waals surface area contributed by atoms with Crippen molar-refractivity contribution in [2.24, 2.45) is 0 Å². The number of ether oxygens (including phenoxy) is 1. The van der Waals surface area contributed by atoms with E-state index in [9.17, 15) is 0 Å². The van der Waals surface area contributed by atoms with Gasteiger partial charge in [0.15, 0.2) is 9.52 Å². The van der Waals surface area contributed by atoms with E-state index in [-0.39, 0.29) is 0 Å². The molecule has 0 saturated carbocycles. The lowest BCUT2D eigenvalue weighted by molar-refractivity contribution is 0.527. The molecular formula is C4H4OSi. The number of rotatable bonds is 2. The van der Waals surface area contributed by atoms with Crippen molar-refractivity contribution in [1.82, 2.24) is 0 Å². The summed E-state index contributed by atoms with van der Waals surface area (Å²) in [6, 6.07) is 0. The van der Waals surface area contributed by atoms with Gasteiger partial charge >= 0.3 is 0 Å². The highest BCUT2D eigenvalue weighted by molar-refractivity contribution is 6.51. The standard InChI is InChI=1S/C4H4OSi/c1-2-6-4-3-5-4/h2-3H,1H2. The minimum atomic E-state index is 0.685. The fourth-order valence-corrected chi connectivity index (χ4v) is 0.594. The van der Waals surface area contributed by atoms with Crippen LogP contribution >= 0.6 is 0 Å². The first-order valence-electron chi connectivity index (χ1n) is 1.68. The third-order valence-corrected chi connectivity index (χ3v) is 1.20. The van der Waals surface area contributed by atoms with Gasteiger partial charge < -0.3 is 4.74 Å². The molecule has 0 spiro atoms. The molecule has 0 aliphatic carbocycles. The Labute approximate surface area is 39.1 Å². The maximum absolute atomic E-state index is 4.68. The van der Waals surface area contributed by atoms with Crippen LogP contribution < -0.4 is 0 Å². The van der Waals surface area contributed by atoms with Crippen LogP contribution in [-0.2, 0) is 4.74 Å². The van der Waals surface area contributed by atoms with Gasteiger partial charge in [-0.25, -0.2) is 0 Å². The largest absolute Gasteiger partial charge is 0.468 e. The van der Waals surface area contributed by atoms with E-state index in [2.05, 4.69) is 11.3 Å². The molecule has 0 aromatic carbocycles. The summed E-state index contributed by atoms with van der Waals surface area (Å²) in [6.45, 7) is 3.53. The van der Waals surface area contributed by atoms with Crippen molar-refractivity contribution < 1.29 is 4.74 Å². The van der Waals surface area contributed by atoms with E-state index in [1.165, 1.54) is 0 Å². The Hall–Kier alpha value is -0.503. The summed E-state index contributed by atoms with van der Waals surface area (Å²) >= 11 is 0. The molecule has 30 valence electrons. The summed E-state index contributed by atoms with van der Waals surface area (Å²) in [5, 5.41) is 1.07. The van der Waals surface area contributed by atoms with Gasteiger partial charge in [0.25, 0.3) is 0 Å². The van der Waals surface area contributed by atoms with Crippen LogP contribution in [0.1, 0.15) is 0 Å². The Balaban J connectivity index is 2.16. The second-order valence-corrected chi connectivity index (χ2v) is 2.14. The summed E-state index contributed by atoms with van der Waals surface area (Å²) in [5.41, 5.74) is 1.85. The van der Waals surface area contributed by atoms with Crippen LogP contribution in [-0.4, -0.2) is 9.52 Å². The van der Waals surface area contributed by atoms with E-state index in [1.807, 2.05) is 5.70 Å². The van der Waals surface area contributed by atoms with Crippen LogP contribution in [0.3, 0.4) is 0 Å². The zero-order valence-electron chi connectivity index (χ0n) is 3.27. The zero-order valence-corrected chi connectivity index (χ0v) is 4.27. The van der Waals surface area contributed by atoms with Crippen molar-refractivity contribution in [1.29, 1.82) is 0 Å². The molecule has 2 radical (unpaired) electrons. The van der Waals surface area contributed by atoms with Gasteiger partial charge in [-0.1, -0.05) is 5.70 Å². The summed E-state index contributed by atoms with van der Waals surface area (Å²) < 4.78 is 4.68. The predicted molar refractivity (Wildman–Crippen MR) is 25.1 cm³/mol. The first kappa shape index (κ1) is 3.68. The third kappa shape index (κ3) is 0.722. The lowest BCUT2D eigenvalue weighted by Crippen LogP contribution is -1.75. The maximum atomic E-state index is 4.68. The van der Waals surface area contributed by atoms with Crippen molar-refractivity contribution in [3.8, 4) is 0 Å². The zero-order chi connectivity index (χ0) is 4.41. The summed E-state index contributed by atoms with van der Waals surface area (Å²) in [5.74, 6) is 0. The fraction of sp³-hybridized carbons (Fsp3) is 0. The second kappa shape index (κ2) is 1.30. The molecule has 0 bridgehead atoms. The van der Waals surface area contributed by atoms with Gasteiger partial charge in [-0.15, -0.1) is 6.58 Å². The lowest BCUT2D eigenvalue weighted by Gasteiger charge is -1.68. The average molecular weight is 96.2 g/mol. The Morgan fingerprint density at radius 1 is 2.00 bits per heavy atom. The van der Waals surface area contributed by atoms with Gasteiger partial charge in [0.2, 0.25) is 0 Å². The molecule has 0 unspecified atom stereocenters. The molecule has 1 nitrogen and oxygen atoms in total. The van der Waals surface area contributed by atoms with Crippen LogP contribution in [0.5, 0.6) is 0 Å². The van der Waals surface area contributed by atoms with Crippen LogP contribution in [0.2, 0.25) is 0 Å². The van der Waals surface area contributed by atoms with E-state index in [0.29, 0.717) is 9.52 Å². The molecule has 1 aliphatic heterocycles. The third-order valence-electron chi connectivity index (χ3n) is 0.480. The average Bonchev–Trinajstić information content (AvgIpc) is 2.21. The molecular weight excluding hydrogens is 92.1 g/mol. The molecule has 0 atom stereocenters. The van der Waals surface area contributed by atoms with Crippen LogP contribution in [0.4, 0.5) is 0 Å². The quantitative estimate of drug-likeness (QED) is 0.460.